The topological polar surface area (TPSA) is 44.1 Å². The molecule has 7 heteroatoms. The van der Waals surface area contributed by atoms with E-state index in [9.17, 15) is 9.18 Å². The van der Waals surface area contributed by atoms with Crippen LogP contribution in [0.1, 0.15) is 67.7 Å². The highest BCUT2D eigenvalue weighted by molar-refractivity contribution is 14.1. The third-order valence-corrected chi connectivity index (χ3v) is 5.86. The minimum Gasteiger partial charge on any atom is -0.461 e. The number of carbonyl (C=O) groups is 1. The zero-order chi connectivity index (χ0) is 18.7. The molecule has 1 heterocycles. The second-order valence-corrected chi connectivity index (χ2v) is 8.02. The Balaban J connectivity index is 2.13. The van der Waals surface area contributed by atoms with Crippen LogP contribution in [0.3, 0.4) is 0 Å². The van der Waals surface area contributed by atoms with Gasteiger partial charge in [0.2, 0.25) is 0 Å². The minimum atomic E-state index is -0.499. The van der Waals surface area contributed by atoms with Crippen molar-refractivity contribution in [1.29, 1.82) is 0 Å². The smallest absolute Gasteiger partial charge is 0.358 e. The molecule has 1 aromatic heterocycles. The van der Waals surface area contributed by atoms with E-state index < -0.39 is 11.8 Å². The van der Waals surface area contributed by atoms with E-state index in [2.05, 4.69) is 27.6 Å². The van der Waals surface area contributed by atoms with Gasteiger partial charge in [0.15, 0.2) is 11.5 Å². The molecular formula is C19H21ClFIN2O2. The molecule has 0 atom stereocenters. The van der Waals surface area contributed by atoms with E-state index in [4.69, 9.17) is 16.3 Å². The highest BCUT2D eigenvalue weighted by Crippen LogP contribution is 2.35. The fraction of sp³-hybridized carbons (Fsp3) is 0.474. The normalized spacial score (nSPS) is 15.7. The maximum absolute atomic E-state index is 14.8. The Kier molecular flexibility index (Phi) is 6.55. The third-order valence-electron chi connectivity index (χ3n) is 4.70. The van der Waals surface area contributed by atoms with Gasteiger partial charge in [-0.2, -0.15) is 0 Å². The number of imidazole rings is 1. The number of ether oxygens (including phenoxy) is 1. The number of rotatable bonds is 4. The molecule has 0 N–H and O–H groups in total. The highest BCUT2D eigenvalue weighted by Gasteiger charge is 2.26. The van der Waals surface area contributed by atoms with Gasteiger partial charge in [-0.25, -0.2) is 14.2 Å². The van der Waals surface area contributed by atoms with Crippen LogP contribution in [-0.2, 0) is 4.74 Å². The summed E-state index contributed by atoms with van der Waals surface area (Å²) in [4.78, 5) is 16.8. The molecule has 1 aromatic carbocycles. The molecule has 1 fully saturated rings. The van der Waals surface area contributed by atoms with Crippen LogP contribution in [0.5, 0.6) is 0 Å². The van der Waals surface area contributed by atoms with Gasteiger partial charge in [0.25, 0.3) is 0 Å². The fourth-order valence-electron chi connectivity index (χ4n) is 3.44. The quantitative estimate of drug-likeness (QED) is 0.233. The van der Waals surface area contributed by atoms with Crippen LogP contribution in [-0.4, -0.2) is 22.1 Å². The van der Waals surface area contributed by atoms with Gasteiger partial charge in [0, 0.05) is 15.7 Å². The molecule has 0 spiro atoms. The summed E-state index contributed by atoms with van der Waals surface area (Å²) in [5, 5.41) is 0.0543. The van der Waals surface area contributed by atoms with E-state index in [0.717, 1.165) is 25.7 Å². The van der Waals surface area contributed by atoms with E-state index in [1.807, 2.05) is 0 Å². The van der Waals surface area contributed by atoms with E-state index in [1.54, 1.807) is 23.8 Å². The van der Waals surface area contributed by atoms with Crippen LogP contribution >= 0.6 is 34.2 Å². The summed E-state index contributed by atoms with van der Waals surface area (Å²) in [5.74, 6) is -0.0799. The molecular weight excluding hydrogens is 470 g/mol. The van der Waals surface area contributed by atoms with E-state index in [0.29, 0.717) is 15.1 Å². The number of benzene rings is 1. The van der Waals surface area contributed by atoms with Crippen LogP contribution in [0.4, 0.5) is 4.39 Å². The first-order valence-electron chi connectivity index (χ1n) is 8.93. The molecule has 2 aromatic rings. The molecule has 0 radical (unpaired) electrons. The highest BCUT2D eigenvalue weighted by atomic mass is 127. The molecule has 0 bridgehead atoms. The molecule has 1 aliphatic carbocycles. The van der Waals surface area contributed by atoms with Gasteiger partial charge in [-0.15, -0.1) is 0 Å². The molecule has 0 unspecified atom stereocenters. The van der Waals surface area contributed by atoms with Crippen LogP contribution in [0, 0.1) is 9.39 Å². The zero-order valence-electron chi connectivity index (χ0n) is 14.6. The fourth-order valence-corrected chi connectivity index (χ4v) is 4.27. The lowest BCUT2D eigenvalue weighted by Crippen LogP contribution is -2.10. The lowest BCUT2D eigenvalue weighted by Gasteiger charge is -2.17. The Hall–Kier alpha value is -1.15. The molecule has 140 valence electrons. The Morgan fingerprint density at radius 2 is 2.04 bits per heavy atom. The molecule has 1 saturated carbocycles. The summed E-state index contributed by atoms with van der Waals surface area (Å²) >= 11 is 8.10. The van der Waals surface area contributed by atoms with Crippen molar-refractivity contribution in [2.75, 3.05) is 6.61 Å². The minimum absolute atomic E-state index is 0.0543. The molecule has 4 nitrogen and oxygen atoms in total. The first kappa shape index (κ1) is 19.6. The standard InChI is InChI=1S/C19H21ClFIN2O2/c1-2-26-19(25)15-11-24(17-14(22)10-9-13(20)16(17)21)18(23-15)12-7-5-3-4-6-8-12/h9-12H,2-8H2,1H3. The zero-order valence-corrected chi connectivity index (χ0v) is 17.5. The van der Waals surface area contributed by atoms with Gasteiger partial charge >= 0.3 is 5.97 Å². The van der Waals surface area contributed by atoms with Crippen molar-refractivity contribution >= 4 is 40.2 Å². The van der Waals surface area contributed by atoms with Gasteiger partial charge in [0.05, 0.1) is 17.3 Å². The number of nitrogens with zero attached hydrogens (tertiary/aromatic N) is 2. The third kappa shape index (κ3) is 4.06. The molecule has 3 rings (SSSR count). The Morgan fingerprint density at radius 1 is 1.35 bits per heavy atom. The summed E-state index contributed by atoms with van der Waals surface area (Å²) < 4.78 is 22.3. The van der Waals surface area contributed by atoms with Crippen LogP contribution in [0.25, 0.3) is 5.69 Å². The molecule has 0 aliphatic heterocycles. The lowest BCUT2D eigenvalue weighted by molar-refractivity contribution is 0.0520. The van der Waals surface area contributed by atoms with Crippen molar-refractivity contribution < 1.29 is 13.9 Å². The van der Waals surface area contributed by atoms with Crippen LogP contribution in [0.2, 0.25) is 5.02 Å². The average Bonchev–Trinajstić information content (AvgIpc) is 2.87. The van der Waals surface area contributed by atoms with Crippen molar-refractivity contribution in [3.63, 3.8) is 0 Å². The van der Waals surface area contributed by atoms with Crippen molar-refractivity contribution in [2.45, 2.75) is 51.4 Å². The van der Waals surface area contributed by atoms with Gasteiger partial charge in [-0.05, 0) is 54.5 Å². The van der Waals surface area contributed by atoms with Crippen molar-refractivity contribution in [2.24, 2.45) is 0 Å². The molecule has 26 heavy (non-hydrogen) atoms. The summed E-state index contributed by atoms with van der Waals surface area (Å²) in [6, 6.07) is 3.30. The SMILES string of the molecule is CCOC(=O)c1cn(-c2c(I)ccc(Cl)c2F)c(C2CCCCCC2)n1. The van der Waals surface area contributed by atoms with Crippen molar-refractivity contribution in [3.8, 4) is 5.69 Å². The van der Waals surface area contributed by atoms with E-state index in [1.165, 1.54) is 18.9 Å². The van der Waals surface area contributed by atoms with E-state index >= 15 is 0 Å². The largest absolute Gasteiger partial charge is 0.461 e. The number of hydrogen-bond donors (Lipinski definition) is 0. The summed E-state index contributed by atoms with van der Waals surface area (Å²) in [6.45, 7) is 2.02. The number of hydrogen-bond acceptors (Lipinski definition) is 3. The monoisotopic (exact) mass is 490 g/mol. The average molecular weight is 491 g/mol. The lowest BCUT2D eigenvalue weighted by atomic mass is 9.99. The number of carbonyl (C=O) groups excluding carboxylic acids is 1. The first-order chi connectivity index (χ1) is 12.5. The van der Waals surface area contributed by atoms with Gasteiger partial charge in [-0.1, -0.05) is 37.3 Å². The Bertz CT molecular complexity index is 801. The molecule has 0 saturated heterocycles. The van der Waals surface area contributed by atoms with Gasteiger partial charge in [0.1, 0.15) is 5.82 Å². The second-order valence-electron chi connectivity index (χ2n) is 6.46. The maximum atomic E-state index is 14.8. The van der Waals surface area contributed by atoms with Gasteiger partial charge in [-0.3, -0.25) is 4.57 Å². The summed E-state index contributed by atoms with van der Waals surface area (Å²) in [7, 11) is 0. The molecule has 0 amide bonds. The Labute approximate surface area is 171 Å². The van der Waals surface area contributed by atoms with Gasteiger partial charge < -0.3 is 4.74 Å². The summed E-state index contributed by atoms with van der Waals surface area (Å²) in [6.07, 6.45) is 8.17. The second kappa shape index (κ2) is 8.69. The van der Waals surface area contributed by atoms with Crippen LogP contribution < -0.4 is 0 Å². The number of halogens is 3. The van der Waals surface area contributed by atoms with E-state index in [-0.39, 0.29) is 23.2 Å². The summed E-state index contributed by atoms with van der Waals surface area (Å²) in [5.41, 5.74) is 0.557. The number of esters is 1. The Morgan fingerprint density at radius 3 is 2.69 bits per heavy atom. The predicted molar refractivity (Wildman–Crippen MR) is 108 cm³/mol. The molecule has 1 aliphatic rings. The predicted octanol–water partition coefficient (Wildman–Crippen LogP) is 5.88. The number of aromatic nitrogens is 2. The van der Waals surface area contributed by atoms with Crippen molar-refractivity contribution in [3.05, 3.63) is 44.3 Å². The van der Waals surface area contributed by atoms with Crippen LogP contribution in [0.15, 0.2) is 18.3 Å². The van der Waals surface area contributed by atoms with Crippen molar-refractivity contribution in [1.82, 2.24) is 9.55 Å². The maximum Gasteiger partial charge on any atom is 0.358 e. The first-order valence-corrected chi connectivity index (χ1v) is 10.4.